The Morgan fingerprint density at radius 2 is 2.28 bits per heavy atom. The van der Waals surface area contributed by atoms with Gasteiger partial charge in [-0.25, -0.2) is 4.98 Å². The molecule has 1 saturated heterocycles. The zero-order valence-corrected chi connectivity index (χ0v) is 11.0. The first-order valence-electron chi connectivity index (χ1n) is 5.63. The normalized spacial score (nSPS) is 15.2. The smallest absolute Gasteiger partial charge is 0.322 e. The third-order valence-corrected chi connectivity index (χ3v) is 3.54. The van der Waals surface area contributed by atoms with E-state index in [1.54, 1.807) is 6.92 Å². The number of nitrogens with zero attached hydrogens (tertiary/aromatic N) is 3. The molecule has 98 valence electrons. The molecule has 18 heavy (non-hydrogen) atoms. The fourth-order valence-electron chi connectivity index (χ4n) is 1.51. The molecule has 0 atom stereocenters. The fourth-order valence-corrected chi connectivity index (χ4v) is 2.63. The number of thioether (sulfide) groups is 1. The fraction of sp³-hybridized carbons (Fsp3) is 0.600. The average Bonchev–Trinajstić information content (AvgIpc) is 2.22. The van der Waals surface area contributed by atoms with Crippen molar-refractivity contribution in [2.24, 2.45) is 0 Å². The molecule has 0 aliphatic carbocycles. The Labute approximate surface area is 108 Å². The monoisotopic (exact) mass is 270 g/mol. The summed E-state index contributed by atoms with van der Waals surface area (Å²) < 4.78 is 5.07. The van der Waals surface area contributed by atoms with Gasteiger partial charge in [0, 0.05) is 6.54 Å². The van der Waals surface area contributed by atoms with Gasteiger partial charge < -0.3 is 10.1 Å². The predicted molar refractivity (Wildman–Crippen MR) is 68.1 cm³/mol. The van der Waals surface area contributed by atoms with Crippen LogP contribution in [0, 0.1) is 17.0 Å². The van der Waals surface area contributed by atoms with Crippen molar-refractivity contribution in [1.82, 2.24) is 9.97 Å². The van der Waals surface area contributed by atoms with E-state index in [2.05, 4.69) is 15.3 Å². The second-order valence-electron chi connectivity index (χ2n) is 3.85. The van der Waals surface area contributed by atoms with Gasteiger partial charge in [0.2, 0.25) is 5.95 Å². The molecule has 0 bridgehead atoms. The highest BCUT2D eigenvalue weighted by Crippen LogP contribution is 2.35. The van der Waals surface area contributed by atoms with Crippen LogP contribution in [-0.4, -0.2) is 39.9 Å². The van der Waals surface area contributed by atoms with Gasteiger partial charge in [-0.15, -0.1) is 0 Å². The summed E-state index contributed by atoms with van der Waals surface area (Å²) in [4.78, 5) is 18.9. The number of aryl methyl sites for hydroxylation is 1. The molecule has 1 aliphatic heterocycles. The van der Waals surface area contributed by atoms with Crippen molar-refractivity contribution in [1.29, 1.82) is 0 Å². The summed E-state index contributed by atoms with van der Waals surface area (Å²) in [7, 11) is 0. The summed E-state index contributed by atoms with van der Waals surface area (Å²) in [5, 5.41) is 14.7. The molecule has 0 unspecified atom stereocenters. The Morgan fingerprint density at radius 3 is 2.78 bits per heavy atom. The van der Waals surface area contributed by atoms with Crippen LogP contribution < -0.4 is 5.32 Å². The molecule has 8 heteroatoms. The summed E-state index contributed by atoms with van der Waals surface area (Å²) >= 11 is 1.38. The predicted octanol–water partition coefficient (Wildman–Crippen LogP) is 1.62. The van der Waals surface area contributed by atoms with Gasteiger partial charge in [-0.2, -0.15) is 4.98 Å². The summed E-state index contributed by atoms with van der Waals surface area (Å²) in [6.45, 7) is 5.45. The highest BCUT2D eigenvalue weighted by atomic mass is 32.2. The van der Waals surface area contributed by atoms with Crippen molar-refractivity contribution < 1.29 is 9.66 Å². The van der Waals surface area contributed by atoms with Crippen LogP contribution in [-0.2, 0) is 4.74 Å². The first-order chi connectivity index (χ1) is 8.61. The van der Waals surface area contributed by atoms with Crippen LogP contribution in [0.2, 0.25) is 0 Å². The van der Waals surface area contributed by atoms with Gasteiger partial charge in [0.05, 0.1) is 23.4 Å². The van der Waals surface area contributed by atoms with Crippen LogP contribution in [0.5, 0.6) is 0 Å². The van der Waals surface area contributed by atoms with Gasteiger partial charge in [-0.1, -0.05) is 11.8 Å². The number of nitrogens with one attached hydrogen (secondary N) is 1. The molecule has 1 aromatic rings. The largest absolute Gasteiger partial charge is 0.379 e. The van der Waals surface area contributed by atoms with Crippen LogP contribution >= 0.6 is 11.8 Å². The second kappa shape index (κ2) is 5.49. The molecule has 0 spiro atoms. The lowest BCUT2D eigenvalue weighted by atomic mass is 10.4. The van der Waals surface area contributed by atoms with E-state index in [1.807, 2.05) is 6.92 Å². The van der Waals surface area contributed by atoms with Crippen LogP contribution in [0.1, 0.15) is 12.6 Å². The van der Waals surface area contributed by atoms with Gasteiger partial charge in [0.15, 0.2) is 5.03 Å². The lowest BCUT2D eigenvalue weighted by Gasteiger charge is -2.24. The van der Waals surface area contributed by atoms with E-state index in [4.69, 9.17) is 4.74 Å². The zero-order chi connectivity index (χ0) is 13.1. The van der Waals surface area contributed by atoms with E-state index < -0.39 is 4.92 Å². The molecule has 0 amide bonds. The van der Waals surface area contributed by atoms with Crippen molar-refractivity contribution in [2.45, 2.75) is 24.1 Å². The first-order valence-corrected chi connectivity index (χ1v) is 6.51. The van der Waals surface area contributed by atoms with E-state index >= 15 is 0 Å². The Bertz CT molecular complexity index is 465. The lowest BCUT2D eigenvalue weighted by Crippen LogP contribution is -2.30. The maximum atomic E-state index is 11.1. The Hall–Kier alpha value is -1.41. The van der Waals surface area contributed by atoms with E-state index in [9.17, 15) is 10.1 Å². The number of hydrogen-bond donors (Lipinski definition) is 1. The molecular formula is C10H14N4O3S. The van der Waals surface area contributed by atoms with Crippen LogP contribution in [0.3, 0.4) is 0 Å². The standard InChI is InChI=1S/C10H14N4O3S/c1-3-11-10-12-6(2)8(14(15)16)9(13-10)18-7-4-17-5-7/h7H,3-5H2,1-2H3,(H,11,12,13). The molecule has 1 aromatic heterocycles. The third-order valence-electron chi connectivity index (χ3n) is 2.43. The molecule has 0 aromatic carbocycles. The van der Waals surface area contributed by atoms with Gasteiger partial charge in [0.25, 0.3) is 0 Å². The van der Waals surface area contributed by atoms with Crippen molar-refractivity contribution in [3.63, 3.8) is 0 Å². The summed E-state index contributed by atoms with van der Waals surface area (Å²) in [5.74, 6) is 0.434. The van der Waals surface area contributed by atoms with Gasteiger partial charge in [-0.3, -0.25) is 10.1 Å². The highest BCUT2D eigenvalue weighted by Gasteiger charge is 2.28. The molecule has 0 saturated carbocycles. The van der Waals surface area contributed by atoms with E-state index in [-0.39, 0.29) is 10.9 Å². The maximum absolute atomic E-state index is 11.1. The number of rotatable bonds is 5. The molecule has 1 fully saturated rings. The molecule has 7 nitrogen and oxygen atoms in total. The van der Waals surface area contributed by atoms with Crippen molar-refractivity contribution >= 4 is 23.4 Å². The average molecular weight is 270 g/mol. The summed E-state index contributed by atoms with van der Waals surface area (Å²) in [6, 6.07) is 0. The van der Waals surface area contributed by atoms with Crippen LogP contribution in [0.4, 0.5) is 11.6 Å². The minimum absolute atomic E-state index is 0.00597. The topological polar surface area (TPSA) is 90.2 Å². The molecule has 1 aliphatic rings. The number of hydrogen-bond acceptors (Lipinski definition) is 7. The van der Waals surface area contributed by atoms with Crippen molar-refractivity contribution in [3.05, 3.63) is 15.8 Å². The van der Waals surface area contributed by atoms with Crippen LogP contribution in [0.25, 0.3) is 0 Å². The Morgan fingerprint density at radius 1 is 1.56 bits per heavy atom. The van der Waals surface area contributed by atoms with E-state index in [0.717, 1.165) is 0 Å². The molecule has 0 radical (unpaired) electrons. The van der Waals surface area contributed by atoms with Crippen molar-refractivity contribution in [3.8, 4) is 0 Å². The quantitative estimate of drug-likeness (QED) is 0.494. The van der Waals surface area contributed by atoms with Crippen molar-refractivity contribution in [2.75, 3.05) is 25.1 Å². The summed E-state index contributed by atoms with van der Waals surface area (Å²) in [5.41, 5.74) is 0.377. The number of anilines is 1. The van der Waals surface area contributed by atoms with E-state index in [0.29, 0.717) is 36.4 Å². The van der Waals surface area contributed by atoms with Gasteiger partial charge in [0.1, 0.15) is 5.69 Å². The second-order valence-corrected chi connectivity index (χ2v) is 5.14. The molecular weight excluding hydrogens is 256 g/mol. The first kappa shape index (κ1) is 13.0. The third kappa shape index (κ3) is 2.70. The maximum Gasteiger partial charge on any atom is 0.322 e. The lowest BCUT2D eigenvalue weighted by molar-refractivity contribution is -0.389. The number of aromatic nitrogens is 2. The Balaban J connectivity index is 2.33. The Kier molecular flexibility index (Phi) is 3.97. The highest BCUT2D eigenvalue weighted by molar-refractivity contribution is 8.00. The SMILES string of the molecule is CCNc1nc(C)c([N+](=O)[O-])c(SC2COC2)n1. The molecule has 2 rings (SSSR count). The number of nitro groups is 1. The minimum Gasteiger partial charge on any atom is -0.379 e. The summed E-state index contributed by atoms with van der Waals surface area (Å²) in [6.07, 6.45) is 0. The van der Waals surface area contributed by atoms with Gasteiger partial charge >= 0.3 is 5.69 Å². The minimum atomic E-state index is -0.424. The number of ether oxygens (including phenoxy) is 1. The van der Waals surface area contributed by atoms with Gasteiger partial charge in [-0.05, 0) is 13.8 Å². The zero-order valence-electron chi connectivity index (χ0n) is 10.2. The van der Waals surface area contributed by atoms with Crippen LogP contribution in [0.15, 0.2) is 5.03 Å². The molecule has 2 heterocycles. The molecule has 1 N–H and O–H groups in total. The van der Waals surface area contributed by atoms with E-state index in [1.165, 1.54) is 11.8 Å².